The lowest BCUT2D eigenvalue weighted by Crippen LogP contribution is -2.42. The maximum atomic E-state index is 4.13. The standard InChI is InChI=1S/C40H38N2.3C2H6.CH4S/c1-6-31-35(7-2)41-36-20-18-27(24-32(36)39(31,4)5)28-19-21-37-34(25-28)40(29-14-10-8-11-15-29,30-16-12-9-13-17-30)33-22-26(3)23-38(33)42-37;4*1-2/h6-16,18-26,30,41-42H,1-2,17H2,3-5H3;3*1-2H3;2H,1H3. The molecule has 0 radical (unpaired) electrons. The van der Waals surface area contributed by atoms with Gasteiger partial charge in [0.05, 0.1) is 5.41 Å². The van der Waals surface area contributed by atoms with Crippen LogP contribution in [-0.2, 0) is 10.8 Å². The molecule has 0 amide bonds. The Hall–Kier alpha value is -4.21. The summed E-state index contributed by atoms with van der Waals surface area (Å²) in [6, 6.07) is 25.0. The van der Waals surface area contributed by atoms with Gasteiger partial charge < -0.3 is 10.6 Å². The van der Waals surface area contributed by atoms with Gasteiger partial charge in [-0.05, 0) is 93.8 Å². The lowest BCUT2D eigenvalue weighted by atomic mass is 9.57. The maximum absolute atomic E-state index is 4.13. The van der Waals surface area contributed by atoms with Gasteiger partial charge in [0.25, 0.3) is 0 Å². The van der Waals surface area contributed by atoms with Crippen LogP contribution in [0.1, 0.15) is 85.4 Å². The number of benzene rings is 3. The van der Waals surface area contributed by atoms with Crippen LogP contribution in [0, 0.1) is 11.8 Å². The van der Waals surface area contributed by atoms with Gasteiger partial charge in [-0.3, -0.25) is 0 Å². The fraction of sp³-hybridized carbons (Fsp3) is 0.319. The summed E-state index contributed by atoms with van der Waals surface area (Å²) in [6.07, 6.45) is 20.6. The van der Waals surface area contributed by atoms with Crippen LogP contribution >= 0.6 is 12.6 Å². The molecule has 50 heavy (non-hydrogen) atoms. The van der Waals surface area contributed by atoms with Gasteiger partial charge in [-0.1, -0.05) is 160 Å². The average molecular weight is 685 g/mol. The predicted octanol–water partition coefficient (Wildman–Crippen LogP) is 13.6. The van der Waals surface area contributed by atoms with Crippen molar-refractivity contribution in [2.24, 2.45) is 11.8 Å². The van der Waals surface area contributed by atoms with Crippen molar-refractivity contribution in [3.8, 4) is 11.1 Å². The summed E-state index contributed by atoms with van der Waals surface area (Å²) in [5.74, 6) is 0.677. The topological polar surface area (TPSA) is 24.1 Å². The van der Waals surface area contributed by atoms with Crippen molar-refractivity contribution in [3.05, 3.63) is 168 Å². The molecule has 2 aliphatic carbocycles. The quantitative estimate of drug-likeness (QED) is 0.233. The molecule has 0 aromatic heterocycles. The summed E-state index contributed by atoms with van der Waals surface area (Å²) in [6.45, 7) is 27.0. The van der Waals surface area contributed by atoms with Crippen molar-refractivity contribution in [1.29, 1.82) is 0 Å². The molecular weight excluding hydrogens is 625 g/mol. The van der Waals surface area contributed by atoms with E-state index in [1.54, 1.807) is 6.26 Å². The molecule has 2 N–H and O–H groups in total. The highest BCUT2D eigenvalue weighted by Gasteiger charge is 2.50. The number of fused-ring (bicyclic) bond motifs is 3. The summed E-state index contributed by atoms with van der Waals surface area (Å²) in [7, 11) is 0. The van der Waals surface area contributed by atoms with Gasteiger partial charge in [0.1, 0.15) is 0 Å². The molecule has 0 saturated heterocycles. The van der Waals surface area contributed by atoms with Crippen LogP contribution in [0.5, 0.6) is 0 Å². The molecule has 0 saturated carbocycles. The minimum atomic E-state index is -0.303. The highest BCUT2D eigenvalue weighted by atomic mass is 32.1. The predicted molar refractivity (Wildman–Crippen MR) is 227 cm³/mol. The van der Waals surface area contributed by atoms with Crippen LogP contribution in [0.2, 0.25) is 0 Å². The van der Waals surface area contributed by atoms with Crippen molar-refractivity contribution in [2.75, 3.05) is 16.9 Å². The van der Waals surface area contributed by atoms with Crippen LogP contribution in [0.4, 0.5) is 11.4 Å². The van der Waals surface area contributed by atoms with Gasteiger partial charge in [-0.15, -0.1) is 0 Å². The fourth-order valence-electron chi connectivity index (χ4n) is 7.75. The monoisotopic (exact) mass is 684 g/mol. The van der Waals surface area contributed by atoms with Gasteiger partial charge in [0, 0.05) is 28.2 Å². The molecular formula is C47H60N2S. The summed E-state index contributed by atoms with van der Waals surface area (Å²) in [5.41, 5.74) is 13.0. The number of hydrogen-bond acceptors (Lipinski definition) is 3. The van der Waals surface area contributed by atoms with Crippen molar-refractivity contribution in [3.63, 3.8) is 0 Å². The Kier molecular flexibility index (Phi) is 14.6. The third-order valence-electron chi connectivity index (χ3n) is 9.72. The molecule has 0 fully saturated rings. The van der Waals surface area contributed by atoms with E-state index in [2.05, 4.69) is 160 Å². The Balaban J connectivity index is 0.000000791. The van der Waals surface area contributed by atoms with Gasteiger partial charge in [-0.25, -0.2) is 0 Å². The van der Waals surface area contributed by atoms with Crippen LogP contribution in [0.3, 0.4) is 0 Å². The van der Waals surface area contributed by atoms with E-state index in [9.17, 15) is 0 Å². The molecule has 2 nitrogen and oxygen atoms in total. The minimum Gasteiger partial charge on any atom is -0.355 e. The SMILES string of the molecule is C=CC1=C(C=C)C(C)(C)c2cc(-c3ccc4c(c3)C(c3ccccc3)(C3C=CC=CC3)C3=CC(C)C=C3N4)ccc2N1.CC.CC.CC.CS. The van der Waals surface area contributed by atoms with E-state index in [1.165, 1.54) is 50.3 Å². The highest BCUT2D eigenvalue weighted by Crippen LogP contribution is 2.57. The van der Waals surface area contributed by atoms with E-state index in [0.717, 1.165) is 17.8 Å². The van der Waals surface area contributed by atoms with Gasteiger partial charge >= 0.3 is 0 Å². The first kappa shape index (κ1) is 40.2. The van der Waals surface area contributed by atoms with Crippen molar-refractivity contribution in [1.82, 2.24) is 0 Å². The number of hydrogen-bond donors (Lipinski definition) is 3. The van der Waals surface area contributed by atoms with Crippen LogP contribution in [0.15, 0.2) is 151 Å². The Morgan fingerprint density at radius 3 is 1.90 bits per heavy atom. The number of anilines is 2. The van der Waals surface area contributed by atoms with E-state index >= 15 is 0 Å². The number of rotatable bonds is 5. The average Bonchev–Trinajstić information content (AvgIpc) is 3.57. The van der Waals surface area contributed by atoms with E-state index in [-0.39, 0.29) is 10.8 Å². The molecule has 0 spiro atoms. The molecule has 3 unspecified atom stereocenters. The third kappa shape index (κ3) is 7.16. The third-order valence-corrected chi connectivity index (χ3v) is 9.72. The van der Waals surface area contributed by atoms with E-state index in [1.807, 2.05) is 53.7 Å². The van der Waals surface area contributed by atoms with Crippen LogP contribution < -0.4 is 10.6 Å². The molecule has 3 aromatic rings. The van der Waals surface area contributed by atoms with Gasteiger partial charge in [0.2, 0.25) is 0 Å². The Morgan fingerprint density at radius 2 is 1.34 bits per heavy atom. The normalized spacial score (nSPS) is 21.3. The first-order valence-corrected chi connectivity index (χ1v) is 19.4. The second-order valence-corrected chi connectivity index (χ2v) is 12.5. The summed E-state index contributed by atoms with van der Waals surface area (Å²) in [4.78, 5) is 0. The number of nitrogens with one attached hydrogen (secondary N) is 2. The summed E-state index contributed by atoms with van der Waals surface area (Å²) in [5, 5.41) is 7.42. The van der Waals surface area contributed by atoms with Crippen molar-refractivity contribution >= 4 is 24.0 Å². The smallest absolute Gasteiger partial charge is 0.0554 e. The molecule has 3 aromatic carbocycles. The first-order chi connectivity index (χ1) is 24.4. The number of allylic oxidation sites excluding steroid dienone is 10. The van der Waals surface area contributed by atoms with Gasteiger partial charge in [-0.2, -0.15) is 12.6 Å². The Bertz CT molecular complexity index is 1780. The van der Waals surface area contributed by atoms with Crippen LogP contribution in [-0.4, -0.2) is 6.26 Å². The zero-order valence-corrected chi connectivity index (χ0v) is 33.1. The molecule has 3 heteroatoms. The summed E-state index contributed by atoms with van der Waals surface area (Å²) < 4.78 is 0. The second-order valence-electron chi connectivity index (χ2n) is 12.5. The first-order valence-electron chi connectivity index (χ1n) is 18.5. The zero-order valence-electron chi connectivity index (χ0n) is 32.2. The summed E-state index contributed by atoms with van der Waals surface area (Å²) >= 11 is 3.53. The molecule has 0 bridgehead atoms. The van der Waals surface area contributed by atoms with E-state index < -0.39 is 0 Å². The van der Waals surface area contributed by atoms with Crippen molar-refractivity contribution < 1.29 is 0 Å². The largest absolute Gasteiger partial charge is 0.355 e. The molecule has 264 valence electrons. The van der Waals surface area contributed by atoms with Crippen molar-refractivity contribution in [2.45, 2.75) is 79.6 Å². The molecule has 7 rings (SSSR count). The lowest BCUT2D eigenvalue weighted by molar-refractivity contribution is 0.440. The molecule has 2 heterocycles. The minimum absolute atomic E-state index is 0.199. The Labute approximate surface area is 310 Å². The van der Waals surface area contributed by atoms with E-state index in [0.29, 0.717) is 11.8 Å². The zero-order chi connectivity index (χ0) is 37.1. The van der Waals surface area contributed by atoms with E-state index in [4.69, 9.17) is 0 Å². The maximum Gasteiger partial charge on any atom is 0.0554 e. The Morgan fingerprint density at radius 1 is 0.740 bits per heavy atom. The van der Waals surface area contributed by atoms with Gasteiger partial charge in [0.15, 0.2) is 0 Å². The highest BCUT2D eigenvalue weighted by molar-refractivity contribution is 7.79. The second kappa shape index (κ2) is 18.2. The number of thiol groups is 1. The molecule has 4 aliphatic rings. The molecule has 3 atom stereocenters. The lowest BCUT2D eigenvalue weighted by Gasteiger charge is -2.47. The van der Waals surface area contributed by atoms with Crippen LogP contribution in [0.25, 0.3) is 11.1 Å². The fourth-order valence-corrected chi connectivity index (χ4v) is 7.75. The molecule has 2 aliphatic heterocycles.